The molecule has 75 heavy (non-hydrogen) atoms. The van der Waals surface area contributed by atoms with E-state index in [1.165, 1.54) is 14.7 Å². The predicted molar refractivity (Wildman–Crippen MR) is 303 cm³/mol. The molecule has 6 aromatic carbocycles. The molecule has 0 aliphatic carbocycles. The smallest absolute Gasteiger partial charge is 0.385 e. The number of hydrogen-bond donors (Lipinski definition) is 0. The van der Waals surface area contributed by atoms with E-state index in [4.69, 9.17) is 32.8 Å². The molecule has 1 aliphatic heterocycles. The zero-order chi connectivity index (χ0) is 53.8. The lowest BCUT2D eigenvalue weighted by atomic mass is 9.84. The Morgan fingerprint density at radius 3 is 2.08 bits per heavy atom. The van der Waals surface area contributed by atoms with E-state index in [0.29, 0.717) is 37.5 Å². The lowest BCUT2D eigenvalue weighted by Gasteiger charge is -2.46. The molecule has 0 fully saturated rings. The molecule has 396 valence electrons. The van der Waals surface area contributed by atoms with E-state index in [-0.39, 0.29) is 54.0 Å². The summed E-state index contributed by atoms with van der Waals surface area (Å²) in [7, 11) is -9.28. The standard InChI is InChI=1S/C60H74N4O8SSi2/c1-12-68-57(65)38-54(46-29-28-43(2)47(36-46)39-63-40-48-37-49(30-33-56(48)71-73(63,66)67)69-41-45-22-16-13-17-23-45)53-31-32-55-58(44(53)3)61-62-64(55)35-34-50(42-70-74(10,11)59(4,5)6)72-75(60(7,8)9,51-24-18-14-19-25-51)52-26-20-15-21-27-52/h13-33,36-37,50,54H,12,34-35,38-42H2,1-11H3/t50-,54?/m1/s1. The number of rotatable bonds is 20. The van der Waals surface area contributed by atoms with Crippen molar-refractivity contribution in [2.24, 2.45) is 0 Å². The van der Waals surface area contributed by atoms with Crippen molar-refractivity contribution >= 4 is 54.3 Å². The fourth-order valence-electron chi connectivity index (χ4n) is 9.85. The SMILES string of the molecule is CCOC(=O)CC(c1ccc(C)c(CN2Cc3cc(OCc4ccccc4)ccc3OS2(=O)=O)c1)c1ccc2c(nnn2CC[C@H](CO[Si](C)(C)C(C)(C)C)O[Si](c2ccccc2)(c2ccccc2)C(C)(C)C)c1C. The van der Waals surface area contributed by atoms with E-state index in [1.807, 2.05) is 79.2 Å². The van der Waals surface area contributed by atoms with E-state index >= 15 is 0 Å². The quantitative estimate of drug-likeness (QED) is 0.0537. The largest absolute Gasteiger partial charge is 0.489 e. The summed E-state index contributed by atoms with van der Waals surface area (Å²) in [6.45, 7) is 25.8. The highest BCUT2D eigenvalue weighted by Crippen LogP contribution is 2.41. The van der Waals surface area contributed by atoms with Gasteiger partial charge in [-0.2, -0.15) is 12.7 Å². The van der Waals surface area contributed by atoms with Gasteiger partial charge in [0.05, 0.1) is 31.3 Å². The summed E-state index contributed by atoms with van der Waals surface area (Å²) in [5, 5.41) is 11.8. The first kappa shape index (κ1) is 55.3. The van der Waals surface area contributed by atoms with E-state index < -0.39 is 32.9 Å². The molecule has 0 bridgehead atoms. The van der Waals surface area contributed by atoms with Crippen LogP contribution in [0.2, 0.25) is 23.2 Å². The summed E-state index contributed by atoms with van der Waals surface area (Å²) in [6.07, 6.45) is 0.423. The minimum atomic E-state index is -4.14. The first-order valence-corrected chi connectivity index (χ1v) is 32.3. The number of aromatic nitrogens is 3. The fourth-order valence-corrected chi connectivity index (χ4v) is 16.7. The number of ether oxygens (including phenoxy) is 2. The van der Waals surface area contributed by atoms with Crippen LogP contribution in [0.15, 0.2) is 140 Å². The van der Waals surface area contributed by atoms with Crippen LogP contribution in [0.3, 0.4) is 0 Å². The van der Waals surface area contributed by atoms with Crippen LogP contribution in [-0.2, 0) is 54.9 Å². The summed E-state index contributed by atoms with van der Waals surface area (Å²) < 4.78 is 62.7. The number of benzene rings is 6. The summed E-state index contributed by atoms with van der Waals surface area (Å²) >= 11 is 0. The van der Waals surface area contributed by atoms with Crippen molar-refractivity contribution in [3.63, 3.8) is 0 Å². The Hall–Kier alpha value is -5.95. The minimum Gasteiger partial charge on any atom is -0.489 e. The van der Waals surface area contributed by atoms with Crippen molar-refractivity contribution in [3.8, 4) is 11.5 Å². The van der Waals surface area contributed by atoms with Gasteiger partial charge in [-0.15, -0.1) is 5.10 Å². The third kappa shape index (κ3) is 12.4. The third-order valence-electron chi connectivity index (χ3n) is 15.2. The molecule has 15 heteroatoms. The van der Waals surface area contributed by atoms with Crippen LogP contribution in [0.5, 0.6) is 11.5 Å². The minimum absolute atomic E-state index is 0.0114. The van der Waals surface area contributed by atoms with Gasteiger partial charge in [0, 0.05) is 31.1 Å². The molecule has 7 aromatic rings. The van der Waals surface area contributed by atoms with Gasteiger partial charge in [0.25, 0.3) is 8.32 Å². The monoisotopic (exact) mass is 1070 g/mol. The predicted octanol–water partition coefficient (Wildman–Crippen LogP) is 11.7. The normalized spacial score (nSPS) is 15.0. The number of carbonyl (C=O) groups is 1. The van der Waals surface area contributed by atoms with E-state index in [9.17, 15) is 13.2 Å². The number of carbonyl (C=O) groups excluding carboxylic acids is 1. The molecule has 2 atom stereocenters. The maximum atomic E-state index is 13.7. The van der Waals surface area contributed by atoms with E-state index in [1.54, 1.807) is 19.1 Å². The second kappa shape index (κ2) is 22.7. The van der Waals surface area contributed by atoms with Gasteiger partial charge in [-0.05, 0) is 118 Å². The number of esters is 1. The van der Waals surface area contributed by atoms with Crippen molar-refractivity contribution < 1.29 is 35.7 Å². The molecule has 0 amide bonds. The highest BCUT2D eigenvalue weighted by molar-refractivity contribution is 7.84. The molecule has 0 saturated heterocycles. The van der Waals surface area contributed by atoms with Gasteiger partial charge in [0.2, 0.25) is 0 Å². The second-order valence-corrected chi connectivity index (χ2v) is 32.9. The van der Waals surface area contributed by atoms with Crippen molar-refractivity contribution in [2.75, 3.05) is 13.2 Å². The van der Waals surface area contributed by atoms with Gasteiger partial charge in [-0.25, -0.2) is 4.68 Å². The fraction of sp³-hybridized carbons (Fsp3) is 0.383. The molecule has 0 radical (unpaired) electrons. The topological polar surface area (TPSA) is 131 Å². The molecule has 0 spiro atoms. The van der Waals surface area contributed by atoms with Crippen LogP contribution in [0.25, 0.3) is 11.0 Å². The average Bonchev–Trinajstić information content (AvgIpc) is 3.80. The molecule has 0 saturated carbocycles. The lowest BCUT2D eigenvalue weighted by molar-refractivity contribution is -0.143. The molecule has 1 aliphatic rings. The summed E-state index contributed by atoms with van der Waals surface area (Å²) in [6, 6.07) is 46.6. The van der Waals surface area contributed by atoms with Crippen LogP contribution in [0.1, 0.15) is 106 Å². The first-order chi connectivity index (χ1) is 35.6. The van der Waals surface area contributed by atoms with Crippen LogP contribution in [0, 0.1) is 13.8 Å². The molecule has 0 N–H and O–H groups in total. The Labute approximate surface area is 446 Å². The zero-order valence-electron chi connectivity index (χ0n) is 45.6. The van der Waals surface area contributed by atoms with Gasteiger partial charge in [-0.3, -0.25) is 4.79 Å². The first-order valence-electron chi connectivity index (χ1n) is 26.1. The van der Waals surface area contributed by atoms with Crippen LogP contribution in [-0.4, -0.2) is 69.6 Å². The van der Waals surface area contributed by atoms with Gasteiger partial charge in [-0.1, -0.05) is 162 Å². The van der Waals surface area contributed by atoms with Gasteiger partial charge in [0.1, 0.15) is 23.6 Å². The van der Waals surface area contributed by atoms with Crippen LogP contribution >= 0.6 is 0 Å². The van der Waals surface area contributed by atoms with Crippen molar-refractivity contribution in [1.29, 1.82) is 0 Å². The summed E-state index contributed by atoms with van der Waals surface area (Å²) in [4.78, 5) is 13.5. The molecule has 1 unspecified atom stereocenters. The average molecular weight is 1070 g/mol. The summed E-state index contributed by atoms with van der Waals surface area (Å²) in [5.74, 6) is 0.117. The van der Waals surface area contributed by atoms with Crippen LogP contribution < -0.4 is 19.3 Å². The Morgan fingerprint density at radius 2 is 1.45 bits per heavy atom. The number of hydrogen-bond acceptors (Lipinski definition) is 10. The van der Waals surface area contributed by atoms with E-state index in [0.717, 1.165) is 44.4 Å². The molecule has 12 nitrogen and oxygen atoms in total. The third-order valence-corrected chi connectivity index (χ3v) is 26.0. The number of fused-ring (bicyclic) bond motifs is 2. The Kier molecular flexibility index (Phi) is 16.7. The Morgan fingerprint density at radius 1 is 0.800 bits per heavy atom. The molecular formula is C60H74N4O8SSi2. The highest BCUT2D eigenvalue weighted by Gasteiger charge is 2.52. The second-order valence-electron chi connectivity index (χ2n) is 22.3. The molecule has 1 aromatic heterocycles. The van der Waals surface area contributed by atoms with Crippen molar-refractivity contribution in [1.82, 2.24) is 19.3 Å². The zero-order valence-corrected chi connectivity index (χ0v) is 48.4. The van der Waals surface area contributed by atoms with Gasteiger partial charge in [0.15, 0.2) is 8.32 Å². The lowest BCUT2D eigenvalue weighted by Crippen LogP contribution is -2.68. The molecule has 2 heterocycles. The van der Waals surface area contributed by atoms with Gasteiger partial charge < -0.3 is 22.5 Å². The summed E-state index contributed by atoms with van der Waals surface area (Å²) in [5.41, 5.74) is 7.65. The van der Waals surface area contributed by atoms with E-state index in [2.05, 4.69) is 121 Å². The van der Waals surface area contributed by atoms with Gasteiger partial charge >= 0.3 is 16.3 Å². The van der Waals surface area contributed by atoms with Crippen molar-refractivity contribution in [2.45, 2.75) is 137 Å². The number of aryl methyl sites for hydroxylation is 3. The maximum Gasteiger partial charge on any atom is 0.385 e. The number of nitrogens with zero attached hydrogens (tertiary/aromatic N) is 4. The highest BCUT2D eigenvalue weighted by atomic mass is 32.2. The van der Waals surface area contributed by atoms with Crippen LogP contribution in [0.4, 0.5) is 0 Å². The molecule has 8 rings (SSSR count). The maximum absolute atomic E-state index is 13.7. The van der Waals surface area contributed by atoms with Crippen molar-refractivity contribution in [3.05, 3.63) is 178 Å². The Bertz CT molecular complexity index is 3160. The Balaban J connectivity index is 1.08. The molecular weight excluding hydrogens is 993 g/mol.